The van der Waals surface area contributed by atoms with Crippen LogP contribution in [0, 0.1) is 0 Å². The van der Waals surface area contributed by atoms with E-state index in [1.165, 1.54) is 13.5 Å². The van der Waals surface area contributed by atoms with E-state index in [-0.39, 0.29) is 24.3 Å². The molecule has 7 heteroatoms. The molecule has 24 heavy (non-hydrogen) atoms. The van der Waals surface area contributed by atoms with Crippen LogP contribution in [-0.2, 0) is 9.53 Å². The quantitative estimate of drug-likeness (QED) is 0.869. The van der Waals surface area contributed by atoms with Crippen LogP contribution in [0.2, 0.25) is 0 Å². The van der Waals surface area contributed by atoms with E-state index in [0.717, 1.165) is 12.8 Å². The molecular formula is C17H23N3O4. The third kappa shape index (κ3) is 3.84. The molecule has 1 aromatic rings. The molecule has 1 saturated heterocycles. The Morgan fingerprint density at radius 1 is 1.46 bits per heavy atom. The number of rotatable bonds is 5. The summed E-state index contributed by atoms with van der Waals surface area (Å²) >= 11 is 0. The van der Waals surface area contributed by atoms with Crippen molar-refractivity contribution in [1.29, 1.82) is 0 Å². The second-order valence-corrected chi connectivity index (χ2v) is 6.21. The molecule has 0 unspecified atom stereocenters. The summed E-state index contributed by atoms with van der Waals surface area (Å²) in [5.41, 5.74) is 0.508. The first-order chi connectivity index (χ1) is 11.7. The smallest absolute Gasteiger partial charge is 0.254 e. The highest BCUT2D eigenvalue weighted by Gasteiger charge is 2.31. The second kappa shape index (κ2) is 7.61. The van der Waals surface area contributed by atoms with Gasteiger partial charge in [0.1, 0.15) is 0 Å². The van der Waals surface area contributed by atoms with Gasteiger partial charge in [0.25, 0.3) is 5.91 Å². The average Bonchev–Trinajstić information content (AvgIpc) is 2.58. The van der Waals surface area contributed by atoms with E-state index >= 15 is 0 Å². The molecule has 2 heterocycles. The van der Waals surface area contributed by atoms with E-state index in [9.17, 15) is 9.59 Å². The van der Waals surface area contributed by atoms with E-state index < -0.39 is 0 Å². The first-order valence-electron chi connectivity index (χ1n) is 8.35. The minimum Gasteiger partial charge on any atom is -0.481 e. The van der Waals surface area contributed by atoms with Crippen LogP contribution in [0.25, 0.3) is 0 Å². The third-order valence-electron chi connectivity index (χ3n) is 4.57. The Morgan fingerprint density at radius 2 is 2.29 bits per heavy atom. The number of carbonyl (C=O) groups excluding carboxylic acids is 2. The van der Waals surface area contributed by atoms with E-state index in [1.54, 1.807) is 23.2 Å². The van der Waals surface area contributed by atoms with Crippen molar-refractivity contribution in [2.24, 2.45) is 0 Å². The fourth-order valence-electron chi connectivity index (χ4n) is 2.96. The Balaban J connectivity index is 1.66. The van der Waals surface area contributed by atoms with Crippen molar-refractivity contribution in [1.82, 2.24) is 15.2 Å². The van der Waals surface area contributed by atoms with Crippen LogP contribution in [-0.4, -0.2) is 60.7 Å². The van der Waals surface area contributed by atoms with Gasteiger partial charge in [-0.05, 0) is 25.3 Å². The SMILES string of the molecule is COc1cc(C(=O)N2CCOC[C@@H]2CC(=O)NC2CCC2)ccn1. The molecule has 2 fully saturated rings. The molecule has 0 aromatic carbocycles. The number of nitrogens with zero attached hydrogens (tertiary/aromatic N) is 2. The van der Waals surface area contributed by atoms with Crippen LogP contribution in [0.1, 0.15) is 36.0 Å². The lowest BCUT2D eigenvalue weighted by Crippen LogP contribution is -2.51. The Kier molecular flexibility index (Phi) is 5.30. The molecule has 2 amide bonds. The fourth-order valence-corrected chi connectivity index (χ4v) is 2.96. The molecule has 1 aliphatic heterocycles. The summed E-state index contributed by atoms with van der Waals surface area (Å²) in [5, 5.41) is 3.02. The number of morpholine rings is 1. The van der Waals surface area contributed by atoms with Gasteiger partial charge in [-0.15, -0.1) is 0 Å². The minimum atomic E-state index is -0.245. The molecule has 1 N–H and O–H groups in total. The van der Waals surface area contributed by atoms with Crippen molar-refractivity contribution in [3.05, 3.63) is 23.9 Å². The van der Waals surface area contributed by atoms with E-state index in [4.69, 9.17) is 9.47 Å². The molecule has 0 radical (unpaired) electrons. The van der Waals surface area contributed by atoms with Crippen LogP contribution in [0.3, 0.4) is 0 Å². The van der Waals surface area contributed by atoms with Crippen molar-refractivity contribution in [2.45, 2.75) is 37.8 Å². The molecule has 2 aliphatic rings. The van der Waals surface area contributed by atoms with Gasteiger partial charge in [-0.1, -0.05) is 0 Å². The van der Waals surface area contributed by atoms with Gasteiger partial charge < -0.3 is 19.7 Å². The van der Waals surface area contributed by atoms with Crippen molar-refractivity contribution in [3.63, 3.8) is 0 Å². The fraction of sp³-hybridized carbons (Fsp3) is 0.588. The third-order valence-corrected chi connectivity index (χ3v) is 4.57. The first-order valence-corrected chi connectivity index (χ1v) is 8.35. The van der Waals surface area contributed by atoms with Crippen molar-refractivity contribution in [3.8, 4) is 5.88 Å². The summed E-state index contributed by atoms with van der Waals surface area (Å²) in [6, 6.07) is 3.33. The van der Waals surface area contributed by atoms with Gasteiger partial charge in [-0.25, -0.2) is 4.98 Å². The lowest BCUT2D eigenvalue weighted by atomic mass is 9.93. The Hall–Kier alpha value is -2.15. The largest absolute Gasteiger partial charge is 0.481 e. The molecule has 130 valence electrons. The van der Waals surface area contributed by atoms with Gasteiger partial charge in [-0.3, -0.25) is 9.59 Å². The van der Waals surface area contributed by atoms with Crippen LogP contribution >= 0.6 is 0 Å². The molecular weight excluding hydrogens is 310 g/mol. The molecule has 7 nitrogen and oxygen atoms in total. The van der Waals surface area contributed by atoms with Gasteiger partial charge in [0.05, 0.1) is 26.4 Å². The summed E-state index contributed by atoms with van der Waals surface area (Å²) in [7, 11) is 1.51. The Bertz CT molecular complexity index is 603. The van der Waals surface area contributed by atoms with Crippen LogP contribution in [0.4, 0.5) is 0 Å². The first kappa shape index (κ1) is 16.7. The summed E-state index contributed by atoms with van der Waals surface area (Å²) in [6.07, 6.45) is 5.08. The summed E-state index contributed by atoms with van der Waals surface area (Å²) < 4.78 is 10.6. The Labute approximate surface area is 141 Å². The van der Waals surface area contributed by atoms with Crippen LogP contribution < -0.4 is 10.1 Å². The molecule has 3 rings (SSSR count). The number of nitrogens with one attached hydrogen (secondary N) is 1. The van der Waals surface area contributed by atoms with Crippen LogP contribution in [0.5, 0.6) is 5.88 Å². The highest BCUT2D eigenvalue weighted by atomic mass is 16.5. The van der Waals surface area contributed by atoms with E-state index in [1.807, 2.05) is 0 Å². The maximum atomic E-state index is 12.8. The number of hydrogen-bond acceptors (Lipinski definition) is 5. The lowest BCUT2D eigenvalue weighted by Gasteiger charge is -2.36. The Morgan fingerprint density at radius 3 is 3.00 bits per heavy atom. The highest BCUT2D eigenvalue weighted by molar-refractivity contribution is 5.95. The maximum Gasteiger partial charge on any atom is 0.254 e. The highest BCUT2D eigenvalue weighted by Crippen LogP contribution is 2.20. The zero-order valence-corrected chi connectivity index (χ0v) is 13.9. The summed E-state index contributed by atoms with van der Waals surface area (Å²) in [4.78, 5) is 30.7. The van der Waals surface area contributed by atoms with Gasteiger partial charge >= 0.3 is 0 Å². The number of carbonyl (C=O) groups is 2. The minimum absolute atomic E-state index is 0.0136. The standard InChI is InChI=1S/C17H23N3O4/c1-23-16-9-12(5-6-18-16)17(22)20-7-8-24-11-14(20)10-15(21)19-13-3-2-4-13/h5-6,9,13-14H,2-4,7-8,10-11H2,1H3,(H,19,21)/t14-/m0/s1. The molecule has 1 saturated carbocycles. The van der Waals surface area contributed by atoms with Crippen molar-refractivity contribution >= 4 is 11.8 Å². The van der Waals surface area contributed by atoms with Crippen molar-refractivity contribution in [2.75, 3.05) is 26.9 Å². The number of ether oxygens (including phenoxy) is 2. The molecule has 1 atom stereocenters. The molecule has 1 aromatic heterocycles. The van der Waals surface area contributed by atoms with Gasteiger partial charge in [0, 0.05) is 36.8 Å². The predicted octanol–water partition coefficient (Wildman–Crippen LogP) is 0.990. The van der Waals surface area contributed by atoms with E-state index in [0.29, 0.717) is 37.2 Å². The molecule has 1 aliphatic carbocycles. The number of pyridine rings is 1. The summed E-state index contributed by atoms with van der Waals surface area (Å²) in [6.45, 7) is 1.34. The van der Waals surface area contributed by atoms with Crippen LogP contribution in [0.15, 0.2) is 18.3 Å². The van der Waals surface area contributed by atoms with Gasteiger partial charge in [0.2, 0.25) is 11.8 Å². The number of hydrogen-bond donors (Lipinski definition) is 1. The van der Waals surface area contributed by atoms with Crippen molar-refractivity contribution < 1.29 is 19.1 Å². The van der Waals surface area contributed by atoms with Gasteiger partial charge in [-0.2, -0.15) is 0 Å². The maximum absolute atomic E-state index is 12.8. The van der Waals surface area contributed by atoms with E-state index in [2.05, 4.69) is 10.3 Å². The second-order valence-electron chi connectivity index (χ2n) is 6.21. The monoisotopic (exact) mass is 333 g/mol. The summed E-state index contributed by atoms with van der Waals surface area (Å²) in [5.74, 6) is 0.258. The normalized spacial score (nSPS) is 21.0. The number of methoxy groups -OCH3 is 1. The lowest BCUT2D eigenvalue weighted by molar-refractivity contribution is -0.124. The molecule has 0 bridgehead atoms. The predicted molar refractivity (Wildman–Crippen MR) is 86.8 cm³/mol. The zero-order chi connectivity index (χ0) is 16.9. The average molecular weight is 333 g/mol. The van der Waals surface area contributed by atoms with Gasteiger partial charge in [0.15, 0.2) is 0 Å². The topological polar surface area (TPSA) is 80.8 Å². The molecule has 0 spiro atoms. The zero-order valence-electron chi connectivity index (χ0n) is 13.9. The number of aromatic nitrogens is 1. The number of amides is 2.